The molecule has 21 heavy (non-hydrogen) atoms. The van der Waals surface area contributed by atoms with Crippen LogP contribution < -0.4 is 14.8 Å². The number of para-hydroxylation sites is 1. The minimum absolute atomic E-state index is 0.716. The van der Waals surface area contributed by atoms with Crippen LogP contribution in [0.3, 0.4) is 0 Å². The first kappa shape index (κ1) is 13.8. The summed E-state index contributed by atoms with van der Waals surface area (Å²) in [5, 5.41) is 3.46. The van der Waals surface area contributed by atoms with Gasteiger partial charge in [-0.05, 0) is 43.2 Å². The summed E-state index contributed by atoms with van der Waals surface area (Å²) in [5.41, 5.74) is 4.87. The molecule has 0 bridgehead atoms. The lowest BCUT2D eigenvalue weighted by Gasteiger charge is -2.14. The second-order valence-corrected chi connectivity index (χ2v) is 5.45. The van der Waals surface area contributed by atoms with Crippen molar-refractivity contribution < 1.29 is 9.47 Å². The number of rotatable bonds is 3. The lowest BCUT2D eigenvalue weighted by molar-refractivity contribution is 0.296. The summed E-state index contributed by atoms with van der Waals surface area (Å²) in [7, 11) is 0. The zero-order chi connectivity index (χ0) is 14.7. The second-order valence-electron chi connectivity index (χ2n) is 5.45. The second kappa shape index (κ2) is 6.08. The van der Waals surface area contributed by atoms with Crippen LogP contribution in [0.2, 0.25) is 0 Å². The van der Waals surface area contributed by atoms with Crippen LogP contribution in [0, 0.1) is 13.8 Å². The van der Waals surface area contributed by atoms with Crippen molar-refractivity contribution in [3.05, 3.63) is 53.1 Å². The van der Waals surface area contributed by atoms with Gasteiger partial charge in [0.2, 0.25) is 0 Å². The molecule has 0 saturated carbocycles. The minimum atomic E-state index is 0.716. The molecule has 1 aliphatic heterocycles. The van der Waals surface area contributed by atoms with Gasteiger partial charge in [-0.1, -0.05) is 18.2 Å². The van der Waals surface area contributed by atoms with Gasteiger partial charge in [0.25, 0.3) is 0 Å². The van der Waals surface area contributed by atoms with E-state index in [1.165, 1.54) is 11.1 Å². The van der Waals surface area contributed by atoms with Gasteiger partial charge in [-0.15, -0.1) is 0 Å². The molecule has 110 valence electrons. The lowest BCUT2D eigenvalue weighted by atomic mass is 10.1. The third kappa shape index (κ3) is 3.13. The first-order valence-electron chi connectivity index (χ1n) is 7.42. The van der Waals surface area contributed by atoms with Crippen LogP contribution in [-0.2, 0) is 6.54 Å². The molecule has 1 heterocycles. The highest BCUT2D eigenvalue weighted by atomic mass is 16.5. The standard InChI is InChI=1S/C18H21NO2/c1-13-7-8-16(11-14(13)2)19-12-15-5-3-6-17-18(15)21-10-4-9-20-17/h3,5-8,11,19H,4,9-10,12H2,1-2H3. The molecule has 0 aliphatic carbocycles. The molecule has 0 saturated heterocycles. The molecule has 3 nitrogen and oxygen atoms in total. The normalized spacial score (nSPS) is 13.6. The summed E-state index contributed by atoms with van der Waals surface area (Å²) in [6.07, 6.45) is 0.929. The first-order chi connectivity index (χ1) is 10.2. The summed E-state index contributed by atoms with van der Waals surface area (Å²) in [6, 6.07) is 12.5. The topological polar surface area (TPSA) is 30.5 Å². The molecule has 0 amide bonds. The van der Waals surface area contributed by atoms with Gasteiger partial charge in [-0.3, -0.25) is 0 Å². The summed E-state index contributed by atoms with van der Waals surface area (Å²) in [4.78, 5) is 0. The molecular formula is C18H21NO2. The number of nitrogens with one attached hydrogen (secondary N) is 1. The average Bonchev–Trinajstić information content (AvgIpc) is 2.74. The molecule has 0 radical (unpaired) electrons. The van der Waals surface area contributed by atoms with Crippen molar-refractivity contribution in [2.24, 2.45) is 0 Å². The van der Waals surface area contributed by atoms with Crippen LogP contribution in [0.1, 0.15) is 23.1 Å². The molecule has 1 aliphatic rings. The summed E-state index contributed by atoms with van der Waals surface area (Å²) < 4.78 is 11.6. The maximum absolute atomic E-state index is 5.85. The Kier molecular flexibility index (Phi) is 4.00. The Morgan fingerprint density at radius 1 is 1.00 bits per heavy atom. The van der Waals surface area contributed by atoms with Gasteiger partial charge in [0, 0.05) is 24.2 Å². The van der Waals surface area contributed by atoms with E-state index in [1.807, 2.05) is 12.1 Å². The first-order valence-corrected chi connectivity index (χ1v) is 7.42. The van der Waals surface area contributed by atoms with Crippen molar-refractivity contribution in [1.82, 2.24) is 0 Å². The van der Waals surface area contributed by atoms with Crippen molar-refractivity contribution in [1.29, 1.82) is 0 Å². The highest BCUT2D eigenvalue weighted by molar-refractivity contribution is 5.52. The molecule has 0 spiro atoms. The fourth-order valence-corrected chi connectivity index (χ4v) is 2.44. The molecule has 3 rings (SSSR count). The smallest absolute Gasteiger partial charge is 0.166 e. The van der Waals surface area contributed by atoms with E-state index in [2.05, 4.69) is 43.4 Å². The van der Waals surface area contributed by atoms with Crippen LogP contribution >= 0.6 is 0 Å². The highest BCUT2D eigenvalue weighted by Crippen LogP contribution is 2.33. The lowest BCUT2D eigenvalue weighted by Crippen LogP contribution is -2.04. The Bertz CT molecular complexity index is 637. The van der Waals surface area contributed by atoms with Crippen LogP contribution in [0.4, 0.5) is 5.69 Å². The van der Waals surface area contributed by atoms with Gasteiger partial charge >= 0.3 is 0 Å². The number of benzene rings is 2. The average molecular weight is 283 g/mol. The zero-order valence-electron chi connectivity index (χ0n) is 12.6. The van der Waals surface area contributed by atoms with Gasteiger partial charge in [0.1, 0.15) is 0 Å². The predicted octanol–water partition coefficient (Wildman–Crippen LogP) is 4.08. The number of anilines is 1. The number of aryl methyl sites for hydroxylation is 2. The molecular weight excluding hydrogens is 262 g/mol. The van der Waals surface area contributed by atoms with Gasteiger partial charge < -0.3 is 14.8 Å². The van der Waals surface area contributed by atoms with E-state index in [0.717, 1.165) is 42.3 Å². The van der Waals surface area contributed by atoms with E-state index in [-0.39, 0.29) is 0 Å². The number of ether oxygens (including phenoxy) is 2. The Balaban J connectivity index is 1.77. The number of hydrogen-bond acceptors (Lipinski definition) is 3. The van der Waals surface area contributed by atoms with Crippen LogP contribution in [0.25, 0.3) is 0 Å². The third-order valence-electron chi connectivity index (χ3n) is 3.84. The van der Waals surface area contributed by atoms with E-state index >= 15 is 0 Å². The van der Waals surface area contributed by atoms with Crippen molar-refractivity contribution in [2.75, 3.05) is 18.5 Å². The fraction of sp³-hybridized carbons (Fsp3) is 0.333. The SMILES string of the molecule is Cc1ccc(NCc2cccc3c2OCCCO3)cc1C. The van der Waals surface area contributed by atoms with E-state index in [1.54, 1.807) is 0 Å². The Morgan fingerprint density at radius 2 is 1.86 bits per heavy atom. The van der Waals surface area contributed by atoms with Crippen molar-refractivity contribution in [2.45, 2.75) is 26.8 Å². The third-order valence-corrected chi connectivity index (χ3v) is 3.84. The van der Waals surface area contributed by atoms with Crippen LogP contribution in [-0.4, -0.2) is 13.2 Å². The molecule has 1 N–H and O–H groups in total. The fourth-order valence-electron chi connectivity index (χ4n) is 2.44. The highest BCUT2D eigenvalue weighted by Gasteiger charge is 2.14. The van der Waals surface area contributed by atoms with E-state index in [0.29, 0.717) is 6.61 Å². The van der Waals surface area contributed by atoms with E-state index < -0.39 is 0 Å². The van der Waals surface area contributed by atoms with Crippen LogP contribution in [0.15, 0.2) is 36.4 Å². The van der Waals surface area contributed by atoms with Crippen LogP contribution in [0.5, 0.6) is 11.5 Å². The molecule has 2 aromatic rings. The van der Waals surface area contributed by atoms with Crippen molar-refractivity contribution in [3.63, 3.8) is 0 Å². The predicted molar refractivity (Wildman–Crippen MR) is 85.3 cm³/mol. The quantitative estimate of drug-likeness (QED) is 0.920. The minimum Gasteiger partial charge on any atom is -0.490 e. The van der Waals surface area contributed by atoms with E-state index in [4.69, 9.17) is 9.47 Å². The van der Waals surface area contributed by atoms with Gasteiger partial charge in [-0.25, -0.2) is 0 Å². The van der Waals surface area contributed by atoms with Gasteiger partial charge in [0.15, 0.2) is 11.5 Å². The largest absolute Gasteiger partial charge is 0.490 e. The summed E-state index contributed by atoms with van der Waals surface area (Å²) >= 11 is 0. The van der Waals surface area contributed by atoms with Gasteiger partial charge in [0.05, 0.1) is 13.2 Å². The number of hydrogen-bond donors (Lipinski definition) is 1. The molecule has 0 atom stereocenters. The maximum atomic E-state index is 5.85. The maximum Gasteiger partial charge on any atom is 0.166 e. The Hall–Kier alpha value is -2.16. The number of fused-ring (bicyclic) bond motifs is 1. The van der Waals surface area contributed by atoms with Crippen molar-refractivity contribution in [3.8, 4) is 11.5 Å². The molecule has 3 heteroatoms. The van der Waals surface area contributed by atoms with Crippen molar-refractivity contribution >= 4 is 5.69 Å². The monoisotopic (exact) mass is 283 g/mol. The molecule has 2 aromatic carbocycles. The molecule has 0 fully saturated rings. The summed E-state index contributed by atoms with van der Waals surface area (Å²) in [5.74, 6) is 1.73. The molecule has 0 unspecified atom stereocenters. The molecule has 0 aromatic heterocycles. The summed E-state index contributed by atoms with van der Waals surface area (Å²) in [6.45, 7) is 6.43. The van der Waals surface area contributed by atoms with E-state index in [9.17, 15) is 0 Å². The van der Waals surface area contributed by atoms with Gasteiger partial charge in [-0.2, -0.15) is 0 Å². The Labute approximate surface area is 125 Å². The zero-order valence-corrected chi connectivity index (χ0v) is 12.6. The Morgan fingerprint density at radius 3 is 2.71 bits per heavy atom.